The van der Waals surface area contributed by atoms with Crippen molar-refractivity contribution in [2.24, 2.45) is 4.99 Å². The number of ether oxygens (including phenoxy) is 2. The van der Waals surface area contributed by atoms with E-state index in [-0.39, 0.29) is 24.0 Å². The molecule has 0 aliphatic rings. The number of hydrogen-bond acceptors (Lipinski definition) is 5. The molecule has 0 radical (unpaired) electrons. The van der Waals surface area contributed by atoms with Crippen molar-refractivity contribution in [1.29, 1.82) is 0 Å². The molecule has 156 valence electrons. The molecule has 7 nitrogen and oxygen atoms in total. The average molecular weight is 502 g/mol. The Morgan fingerprint density at radius 1 is 1.11 bits per heavy atom. The van der Waals surface area contributed by atoms with Crippen molar-refractivity contribution < 1.29 is 14.0 Å². The number of benzene rings is 1. The molecular formula is C20H31IN4O3. The zero-order valence-corrected chi connectivity index (χ0v) is 19.6. The fourth-order valence-corrected chi connectivity index (χ4v) is 2.82. The van der Waals surface area contributed by atoms with Gasteiger partial charge in [-0.25, -0.2) is 4.99 Å². The summed E-state index contributed by atoms with van der Waals surface area (Å²) in [6.45, 7) is 7.50. The van der Waals surface area contributed by atoms with E-state index in [2.05, 4.69) is 34.6 Å². The summed E-state index contributed by atoms with van der Waals surface area (Å²) in [5.41, 5.74) is 1.85. The first-order chi connectivity index (χ1) is 13.1. The Morgan fingerprint density at radius 2 is 1.82 bits per heavy atom. The van der Waals surface area contributed by atoms with E-state index in [1.54, 1.807) is 14.2 Å². The Balaban J connectivity index is 0.00000392. The number of guanidine groups is 1. The van der Waals surface area contributed by atoms with Gasteiger partial charge in [-0.15, -0.1) is 24.0 Å². The Kier molecular flexibility index (Phi) is 10.7. The standard InChI is InChI=1S/C20H30N4O3.HI/c1-6-14(7-2)17-12-16(27-24-17)13-22-20(21-8-3)23-15-9-10-18(25-4)19(11-15)26-5;/h9-12,14H,6-8,13H2,1-5H3,(H2,21,22,23);1H. The van der Waals surface area contributed by atoms with Crippen LogP contribution < -0.4 is 20.1 Å². The monoisotopic (exact) mass is 502 g/mol. The fourth-order valence-electron chi connectivity index (χ4n) is 2.82. The predicted octanol–water partition coefficient (Wildman–Crippen LogP) is 4.79. The summed E-state index contributed by atoms with van der Waals surface area (Å²) < 4.78 is 16.1. The van der Waals surface area contributed by atoms with E-state index in [1.165, 1.54) is 0 Å². The number of aromatic nitrogens is 1. The van der Waals surface area contributed by atoms with E-state index in [0.717, 1.165) is 36.5 Å². The van der Waals surface area contributed by atoms with Gasteiger partial charge in [0, 0.05) is 30.3 Å². The number of hydrogen-bond donors (Lipinski definition) is 2. The van der Waals surface area contributed by atoms with Gasteiger partial charge < -0.3 is 24.6 Å². The second-order valence-corrected chi connectivity index (χ2v) is 6.12. The smallest absolute Gasteiger partial charge is 0.196 e. The van der Waals surface area contributed by atoms with Gasteiger partial charge >= 0.3 is 0 Å². The quantitative estimate of drug-likeness (QED) is 0.292. The lowest BCUT2D eigenvalue weighted by molar-refractivity contribution is 0.355. The van der Waals surface area contributed by atoms with Crippen LogP contribution in [-0.2, 0) is 6.54 Å². The number of aliphatic imine (C=N–C) groups is 1. The lowest BCUT2D eigenvalue weighted by Crippen LogP contribution is -2.30. The third-order valence-corrected chi connectivity index (χ3v) is 4.36. The minimum absolute atomic E-state index is 0. The number of rotatable bonds is 9. The summed E-state index contributed by atoms with van der Waals surface area (Å²) in [6, 6.07) is 7.63. The second-order valence-electron chi connectivity index (χ2n) is 6.12. The van der Waals surface area contributed by atoms with Crippen LogP contribution in [0.4, 0.5) is 5.69 Å². The van der Waals surface area contributed by atoms with Crippen LogP contribution in [0.3, 0.4) is 0 Å². The summed E-state index contributed by atoms with van der Waals surface area (Å²) in [6.07, 6.45) is 2.10. The van der Waals surface area contributed by atoms with Crippen molar-refractivity contribution in [1.82, 2.24) is 10.5 Å². The molecule has 2 N–H and O–H groups in total. The van der Waals surface area contributed by atoms with Crippen LogP contribution in [0.5, 0.6) is 11.5 Å². The van der Waals surface area contributed by atoms with E-state index in [9.17, 15) is 0 Å². The van der Waals surface area contributed by atoms with Gasteiger partial charge in [-0.1, -0.05) is 19.0 Å². The van der Waals surface area contributed by atoms with Crippen LogP contribution in [0.2, 0.25) is 0 Å². The summed E-state index contributed by atoms with van der Waals surface area (Å²) >= 11 is 0. The van der Waals surface area contributed by atoms with Crippen LogP contribution in [0.25, 0.3) is 0 Å². The van der Waals surface area contributed by atoms with E-state index in [0.29, 0.717) is 29.9 Å². The first kappa shape index (κ1) is 24.1. The molecule has 0 fully saturated rings. The third-order valence-electron chi connectivity index (χ3n) is 4.36. The van der Waals surface area contributed by atoms with Crippen LogP contribution in [0.15, 0.2) is 33.8 Å². The zero-order chi connectivity index (χ0) is 19.6. The summed E-state index contributed by atoms with van der Waals surface area (Å²) in [5.74, 6) is 3.18. The van der Waals surface area contributed by atoms with Gasteiger partial charge in [0.05, 0.1) is 19.9 Å². The number of nitrogens with one attached hydrogen (secondary N) is 2. The van der Waals surface area contributed by atoms with Crippen LogP contribution in [0, 0.1) is 0 Å². The maximum absolute atomic E-state index is 5.45. The highest BCUT2D eigenvalue weighted by atomic mass is 127. The van der Waals surface area contributed by atoms with Crippen molar-refractivity contribution in [3.63, 3.8) is 0 Å². The van der Waals surface area contributed by atoms with E-state index >= 15 is 0 Å². The molecule has 0 unspecified atom stereocenters. The van der Waals surface area contributed by atoms with Gasteiger partial charge in [0.1, 0.15) is 6.54 Å². The third kappa shape index (κ3) is 6.57. The van der Waals surface area contributed by atoms with Crippen molar-refractivity contribution in [2.45, 2.75) is 46.1 Å². The van der Waals surface area contributed by atoms with Crippen molar-refractivity contribution >= 4 is 35.6 Å². The van der Waals surface area contributed by atoms with E-state index in [4.69, 9.17) is 14.0 Å². The Hall–Kier alpha value is -1.97. The predicted molar refractivity (Wildman–Crippen MR) is 123 cm³/mol. The van der Waals surface area contributed by atoms with Gasteiger partial charge in [0.2, 0.25) is 0 Å². The minimum Gasteiger partial charge on any atom is -0.493 e. The molecule has 28 heavy (non-hydrogen) atoms. The molecule has 0 bridgehead atoms. The Morgan fingerprint density at radius 3 is 2.43 bits per heavy atom. The molecule has 1 aromatic carbocycles. The number of anilines is 1. The molecule has 8 heteroatoms. The van der Waals surface area contributed by atoms with E-state index < -0.39 is 0 Å². The lowest BCUT2D eigenvalue weighted by Gasteiger charge is -2.13. The number of methoxy groups -OCH3 is 2. The highest BCUT2D eigenvalue weighted by Crippen LogP contribution is 2.29. The van der Waals surface area contributed by atoms with Crippen LogP contribution >= 0.6 is 24.0 Å². The van der Waals surface area contributed by atoms with Gasteiger partial charge in [-0.2, -0.15) is 0 Å². The van der Waals surface area contributed by atoms with Gasteiger partial charge in [0.15, 0.2) is 23.2 Å². The lowest BCUT2D eigenvalue weighted by atomic mass is 9.99. The summed E-state index contributed by atoms with van der Waals surface area (Å²) in [5, 5.41) is 10.7. The molecule has 0 atom stereocenters. The number of nitrogens with zero attached hydrogens (tertiary/aromatic N) is 2. The number of halogens is 1. The normalized spacial score (nSPS) is 11.1. The maximum atomic E-state index is 5.45. The Labute approximate surface area is 184 Å². The van der Waals surface area contributed by atoms with E-state index in [1.807, 2.05) is 31.2 Å². The molecule has 2 aromatic rings. The molecule has 1 heterocycles. The highest BCUT2D eigenvalue weighted by Gasteiger charge is 2.13. The SMILES string of the molecule is CCNC(=NCc1cc(C(CC)CC)no1)Nc1ccc(OC)c(OC)c1.I. The average Bonchev–Trinajstić information content (AvgIpc) is 3.16. The topological polar surface area (TPSA) is 80.9 Å². The van der Waals surface area contributed by atoms with Gasteiger partial charge in [0.25, 0.3) is 0 Å². The molecule has 0 amide bonds. The van der Waals surface area contributed by atoms with Crippen LogP contribution in [-0.4, -0.2) is 31.9 Å². The molecular weight excluding hydrogens is 471 g/mol. The molecule has 2 rings (SSSR count). The first-order valence-electron chi connectivity index (χ1n) is 9.37. The first-order valence-corrected chi connectivity index (χ1v) is 9.37. The van der Waals surface area contributed by atoms with Crippen molar-refractivity contribution in [3.8, 4) is 11.5 Å². The fraction of sp³-hybridized carbons (Fsp3) is 0.500. The molecule has 0 saturated carbocycles. The molecule has 0 spiro atoms. The zero-order valence-electron chi connectivity index (χ0n) is 17.2. The highest BCUT2D eigenvalue weighted by molar-refractivity contribution is 14.0. The molecule has 0 aliphatic carbocycles. The Bertz CT molecular complexity index is 745. The van der Waals surface area contributed by atoms with Gasteiger partial charge in [-0.05, 0) is 31.9 Å². The van der Waals surface area contributed by atoms with Crippen LogP contribution in [0.1, 0.15) is 51.0 Å². The maximum Gasteiger partial charge on any atom is 0.196 e. The summed E-state index contributed by atoms with van der Waals surface area (Å²) in [7, 11) is 3.23. The molecule has 1 aromatic heterocycles. The second kappa shape index (κ2) is 12.5. The van der Waals surface area contributed by atoms with Crippen molar-refractivity contribution in [2.75, 3.05) is 26.1 Å². The largest absolute Gasteiger partial charge is 0.493 e. The minimum atomic E-state index is 0. The summed E-state index contributed by atoms with van der Waals surface area (Å²) in [4.78, 5) is 4.59. The van der Waals surface area contributed by atoms with Gasteiger partial charge in [-0.3, -0.25) is 0 Å². The van der Waals surface area contributed by atoms with Crippen molar-refractivity contribution in [3.05, 3.63) is 35.7 Å². The molecule has 0 saturated heterocycles. The molecule has 0 aliphatic heterocycles.